The van der Waals surface area contributed by atoms with E-state index in [1.165, 1.54) is 48.9 Å². The number of rotatable bonds is 4. The number of benzene rings is 4. The third kappa shape index (κ3) is 4.13. The van der Waals surface area contributed by atoms with Crippen LogP contribution in [-0.2, 0) is 0 Å². The molecule has 9 heteroatoms. The molecule has 0 aliphatic carbocycles. The number of fused-ring (bicyclic) bond motifs is 2. The topological polar surface area (TPSA) is 130 Å². The maximum Gasteiger partial charge on any atom is 0.212 e. The standard InChI is InChI=1S/C30H17ClO8/c31-25-23(33)11-9-19-26(35)21(13-37-28(19)25)16-3-7-18(8-4-16)39-30-24(34)12-10-20-27(36)22(14-38-29(20)30)15-1-5-17(32)6-2-15/h1-14,32-34H. The lowest BCUT2D eigenvalue weighted by atomic mass is 10.0. The van der Waals surface area contributed by atoms with Crippen molar-refractivity contribution in [2.45, 2.75) is 0 Å². The summed E-state index contributed by atoms with van der Waals surface area (Å²) < 4.78 is 17.2. The van der Waals surface area contributed by atoms with Crippen LogP contribution < -0.4 is 15.6 Å². The average Bonchev–Trinajstić information content (AvgIpc) is 2.94. The Balaban J connectivity index is 1.35. The fourth-order valence-electron chi connectivity index (χ4n) is 4.28. The van der Waals surface area contributed by atoms with Gasteiger partial charge in [-0.2, -0.15) is 0 Å². The van der Waals surface area contributed by atoms with Gasteiger partial charge in [0.15, 0.2) is 16.9 Å². The van der Waals surface area contributed by atoms with Crippen LogP contribution in [0.3, 0.4) is 0 Å². The molecule has 3 N–H and O–H groups in total. The van der Waals surface area contributed by atoms with Gasteiger partial charge in [0, 0.05) is 0 Å². The van der Waals surface area contributed by atoms with Gasteiger partial charge in [-0.1, -0.05) is 35.9 Å². The van der Waals surface area contributed by atoms with E-state index >= 15 is 0 Å². The highest BCUT2D eigenvalue weighted by Crippen LogP contribution is 2.38. The number of phenols is 3. The van der Waals surface area contributed by atoms with Gasteiger partial charge in [-0.25, -0.2) is 0 Å². The lowest BCUT2D eigenvalue weighted by Crippen LogP contribution is -2.05. The second-order valence-electron chi connectivity index (χ2n) is 8.70. The number of phenolic OH excluding ortho intramolecular Hbond substituents is 3. The first-order valence-corrected chi connectivity index (χ1v) is 12.0. The van der Waals surface area contributed by atoms with Crippen molar-refractivity contribution >= 4 is 33.5 Å². The summed E-state index contributed by atoms with van der Waals surface area (Å²) >= 11 is 6.05. The van der Waals surface area contributed by atoms with Gasteiger partial charge in [-0.3, -0.25) is 9.59 Å². The molecule has 0 saturated heterocycles. The molecule has 2 heterocycles. The van der Waals surface area contributed by atoms with Crippen LogP contribution in [0.2, 0.25) is 5.02 Å². The van der Waals surface area contributed by atoms with Crippen LogP contribution in [0.15, 0.2) is 104 Å². The quantitative estimate of drug-likeness (QED) is 0.222. The molecule has 8 nitrogen and oxygen atoms in total. The summed E-state index contributed by atoms with van der Waals surface area (Å²) in [6.45, 7) is 0. The van der Waals surface area contributed by atoms with Crippen molar-refractivity contribution in [2.75, 3.05) is 0 Å². The first-order valence-electron chi connectivity index (χ1n) is 11.6. The minimum atomic E-state index is -0.335. The molecule has 0 aliphatic rings. The Kier molecular flexibility index (Phi) is 5.74. The Morgan fingerprint density at radius 3 is 1.74 bits per heavy atom. The van der Waals surface area contributed by atoms with Crippen molar-refractivity contribution in [3.05, 3.63) is 111 Å². The van der Waals surface area contributed by atoms with E-state index in [0.717, 1.165) is 0 Å². The maximum absolute atomic E-state index is 13.2. The first kappa shape index (κ1) is 24.1. The highest BCUT2D eigenvalue weighted by atomic mass is 35.5. The number of hydrogen-bond acceptors (Lipinski definition) is 8. The van der Waals surface area contributed by atoms with Crippen molar-refractivity contribution < 1.29 is 28.9 Å². The number of ether oxygens (including phenoxy) is 1. The summed E-state index contributed by atoms with van der Waals surface area (Å²) in [5, 5.41) is 30.2. The van der Waals surface area contributed by atoms with Crippen LogP contribution in [0.4, 0.5) is 0 Å². The molecular weight excluding hydrogens is 524 g/mol. The van der Waals surface area contributed by atoms with E-state index < -0.39 is 0 Å². The summed E-state index contributed by atoms with van der Waals surface area (Å²) in [6.07, 6.45) is 2.54. The zero-order valence-corrected chi connectivity index (χ0v) is 20.6. The molecule has 0 radical (unpaired) electrons. The molecule has 4 aromatic carbocycles. The number of hydrogen-bond donors (Lipinski definition) is 3. The minimum absolute atomic E-state index is 0.0448. The molecule has 0 aliphatic heterocycles. The molecule has 6 rings (SSSR count). The third-order valence-corrected chi connectivity index (χ3v) is 6.66. The first-order chi connectivity index (χ1) is 18.8. The molecule has 0 unspecified atom stereocenters. The summed E-state index contributed by atoms with van der Waals surface area (Å²) in [5.74, 6) is -0.0889. The predicted octanol–water partition coefficient (Wildman–Crippen LogP) is 6.80. The van der Waals surface area contributed by atoms with Gasteiger partial charge in [0.1, 0.15) is 34.8 Å². The van der Waals surface area contributed by atoms with Gasteiger partial charge in [0.25, 0.3) is 0 Å². The highest BCUT2D eigenvalue weighted by Gasteiger charge is 2.18. The molecule has 39 heavy (non-hydrogen) atoms. The average molecular weight is 541 g/mol. The Morgan fingerprint density at radius 2 is 1.13 bits per heavy atom. The maximum atomic E-state index is 13.2. The molecule has 0 fully saturated rings. The van der Waals surface area contributed by atoms with Crippen molar-refractivity contribution in [1.29, 1.82) is 0 Å². The Morgan fingerprint density at radius 1 is 0.615 bits per heavy atom. The van der Waals surface area contributed by atoms with Gasteiger partial charge in [0.2, 0.25) is 16.6 Å². The molecule has 2 aromatic heterocycles. The summed E-state index contributed by atoms with van der Waals surface area (Å²) in [4.78, 5) is 26.2. The Hall–Kier alpha value is -5.21. The SMILES string of the molecule is O=c1c(-c2ccc(Oc3c(O)ccc4c(=O)c(-c5ccc(O)cc5)coc34)cc2)coc2c(Cl)c(O)ccc12. The molecule has 0 bridgehead atoms. The molecule has 0 saturated carbocycles. The highest BCUT2D eigenvalue weighted by molar-refractivity contribution is 6.36. The van der Waals surface area contributed by atoms with Crippen LogP contribution in [0, 0.1) is 0 Å². The largest absolute Gasteiger partial charge is 0.508 e. The third-order valence-electron chi connectivity index (χ3n) is 6.30. The monoisotopic (exact) mass is 540 g/mol. The molecule has 6 aromatic rings. The fraction of sp³-hybridized carbons (Fsp3) is 0. The van der Waals surface area contributed by atoms with Crippen LogP contribution in [0.25, 0.3) is 44.2 Å². The van der Waals surface area contributed by atoms with Gasteiger partial charge in [-0.05, 0) is 59.7 Å². The smallest absolute Gasteiger partial charge is 0.212 e. The van der Waals surface area contributed by atoms with Crippen molar-refractivity contribution in [3.63, 3.8) is 0 Å². The van der Waals surface area contributed by atoms with Gasteiger partial charge in [0.05, 0.1) is 21.9 Å². The normalized spacial score (nSPS) is 11.2. The van der Waals surface area contributed by atoms with E-state index in [-0.39, 0.29) is 71.9 Å². The second-order valence-corrected chi connectivity index (χ2v) is 9.07. The van der Waals surface area contributed by atoms with E-state index in [0.29, 0.717) is 16.9 Å². The lowest BCUT2D eigenvalue weighted by Gasteiger charge is -2.11. The number of aromatic hydroxyl groups is 3. The molecular formula is C30H17ClO8. The van der Waals surface area contributed by atoms with Gasteiger partial charge in [-0.15, -0.1) is 0 Å². The van der Waals surface area contributed by atoms with Crippen molar-refractivity contribution in [1.82, 2.24) is 0 Å². The van der Waals surface area contributed by atoms with E-state index in [9.17, 15) is 24.9 Å². The number of halogens is 1. The van der Waals surface area contributed by atoms with E-state index in [1.54, 1.807) is 36.4 Å². The predicted molar refractivity (Wildman–Crippen MR) is 146 cm³/mol. The summed E-state index contributed by atoms with van der Waals surface area (Å²) in [5.41, 5.74) is 1.14. The van der Waals surface area contributed by atoms with Crippen molar-refractivity contribution in [2.24, 2.45) is 0 Å². The van der Waals surface area contributed by atoms with E-state index in [2.05, 4.69) is 0 Å². The molecule has 192 valence electrons. The zero-order valence-electron chi connectivity index (χ0n) is 19.8. The second kappa shape index (κ2) is 9.27. The van der Waals surface area contributed by atoms with E-state index in [4.69, 9.17) is 25.2 Å². The molecule has 0 amide bonds. The Labute approximate surface area is 224 Å². The van der Waals surface area contributed by atoms with Crippen LogP contribution in [-0.4, -0.2) is 15.3 Å². The van der Waals surface area contributed by atoms with E-state index in [1.807, 2.05) is 0 Å². The summed E-state index contributed by atoms with van der Waals surface area (Å²) in [7, 11) is 0. The van der Waals surface area contributed by atoms with Gasteiger partial charge >= 0.3 is 0 Å². The van der Waals surface area contributed by atoms with Gasteiger partial charge < -0.3 is 28.9 Å². The summed E-state index contributed by atoms with van der Waals surface area (Å²) in [6, 6.07) is 18.1. The van der Waals surface area contributed by atoms with Crippen LogP contribution >= 0.6 is 11.6 Å². The molecule has 0 atom stereocenters. The van der Waals surface area contributed by atoms with Crippen molar-refractivity contribution in [3.8, 4) is 51.0 Å². The lowest BCUT2D eigenvalue weighted by molar-refractivity contribution is 0.407. The molecule has 0 spiro atoms. The Bertz CT molecular complexity index is 2010. The van der Waals surface area contributed by atoms with Crippen LogP contribution in [0.1, 0.15) is 0 Å². The minimum Gasteiger partial charge on any atom is -0.508 e. The van der Waals surface area contributed by atoms with Crippen LogP contribution in [0.5, 0.6) is 28.7 Å². The fourth-order valence-corrected chi connectivity index (χ4v) is 4.49. The zero-order chi connectivity index (χ0) is 27.3.